The number of para-hydroxylation sites is 1. The van der Waals surface area contributed by atoms with Crippen LogP contribution in [-0.4, -0.2) is 31.1 Å². The number of anilines is 2. The van der Waals surface area contributed by atoms with E-state index < -0.39 is 18.1 Å². The van der Waals surface area contributed by atoms with Crippen LogP contribution in [-0.2, 0) is 14.4 Å². The zero-order valence-corrected chi connectivity index (χ0v) is 18.6. The lowest BCUT2D eigenvalue weighted by Crippen LogP contribution is -2.39. The lowest BCUT2D eigenvalue weighted by molar-refractivity contribution is -0.126. The maximum atomic E-state index is 13.5. The second-order valence-corrected chi connectivity index (χ2v) is 8.26. The molecule has 3 aromatic carbocycles. The van der Waals surface area contributed by atoms with Gasteiger partial charge in [-0.05, 0) is 54.1 Å². The number of nitrogens with zero attached hydrogens (tertiary/aromatic N) is 2. The minimum Gasteiger partial charge on any atom is -0.497 e. The van der Waals surface area contributed by atoms with Gasteiger partial charge in [0.15, 0.2) is 6.10 Å². The number of hydrogen-bond donors (Lipinski definition) is 0. The highest BCUT2D eigenvalue weighted by molar-refractivity contribution is 6.30. The monoisotopic (exact) mass is 460 g/mol. The fraction of sp³-hybridized carbons (Fsp3) is 0.154. The Kier molecular flexibility index (Phi) is 5.62. The van der Waals surface area contributed by atoms with E-state index in [-0.39, 0.29) is 11.8 Å². The lowest BCUT2D eigenvalue weighted by atomic mass is 9.95. The van der Waals surface area contributed by atoms with Gasteiger partial charge in [0.05, 0.1) is 24.5 Å². The fourth-order valence-electron chi connectivity index (χ4n) is 4.25. The minimum absolute atomic E-state index is 0.297. The maximum absolute atomic E-state index is 13.5. The molecule has 2 amide bonds. The Hall–Kier alpha value is -3.61. The van der Waals surface area contributed by atoms with Gasteiger partial charge in [0.2, 0.25) is 5.91 Å². The predicted octanol–water partition coefficient (Wildman–Crippen LogP) is 4.74. The quantitative estimate of drug-likeness (QED) is 0.515. The molecule has 7 heteroatoms. The minimum atomic E-state index is -0.909. The summed E-state index contributed by atoms with van der Waals surface area (Å²) in [6, 6.07) is 23.2. The Balaban J connectivity index is 1.50. The first-order valence-corrected chi connectivity index (χ1v) is 10.9. The molecule has 0 aromatic heterocycles. The Morgan fingerprint density at radius 2 is 1.67 bits per heavy atom. The number of methoxy groups -OCH3 is 1. The first-order chi connectivity index (χ1) is 16.1. The van der Waals surface area contributed by atoms with Crippen LogP contribution >= 0.6 is 11.6 Å². The van der Waals surface area contributed by atoms with E-state index in [1.54, 1.807) is 42.5 Å². The summed E-state index contributed by atoms with van der Waals surface area (Å²) >= 11 is 6.12. The molecule has 0 aliphatic carbocycles. The standard InChI is InChI=1S/C26H21ClN2O4/c1-32-21-13-11-19(12-14-21)28-25(30)23-22(15-10-17-6-5-7-18(27)16-17)29(33-24(23)26(28)31)20-8-3-2-4-9-20/h2-16,22-24H,1H3/b15-10+. The molecule has 2 saturated heterocycles. The van der Waals surface area contributed by atoms with E-state index in [4.69, 9.17) is 21.2 Å². The molecule has 2 heterocycles. The molecule has 2 aliphatic rings. The number of imide groups is 1. The Morgan fingerprint density at radius 3 is 2.36 bits per heavy atom. The van der Waals surface area contributed by atoms with Crippen molar-refractivity contribution in [3.05, 3.63) is 95.5 Å². The number of fused-ring (bicyclic) bond motifs is 1. The molecule has 0 N–H and O–H groups in total. The van der Waals surface area contributed by atoms with Crippen LogP contribution in [0.2, 0.25) is 5.02 Å². The maximum Gasteiger partial charge on any atom is 0.266 e. The van der Waals surface area contributed by atoms with Gasteiger partial charge >= 0.3 is 0 Å². The van der Waals surface area contributed by atoms with Crippen molar-refractivity contribution >= 4 is 40.9 Å². The van der Waals surface area contributed by atoms with E-state index in [0.29, 0.717) is 16.5 Å². The second kappa shape index (κ2) is 8.73. The zero-order valence-electron chi connectivity index (χ0n) is 17.8. The highest BCUT2D eigenvalue weighted by atomic mass is 35.5. The van der Waals surface area contributed by atoms with Crippen molar-refractivity contribution in [1.82, 2.24) is 0 Å². The van der Waals surface area contributed by atoms with E-state index in [1.165, 1.54) is 4.90 Å². The van der Waals surface area contributed by atoms with Crippen molar-refractivity contribution in [2.45, 2.75) is 12.1 Å². The first-order valence-electron chi connectivity index (χ1n) is 10.5. The second-order valence-electron chi connectivity index (χ2n) is 7.83. The van der Waals surface area contributed by atoms with Crippen molar-refractivity contribution in [2.24, 2.45) is 5.92 Å². The van der Waals surface area contributed by atoms with Crippen LogP contribution in [0.25, 0.3) is 6.08 Å². The molecule has 3 atom stereocenters. The molecule has 2 fully saturated rings. The molecule has 0 spiro atoms. The van der Waals surface area contributed by atoms with Crippen molar-refractivity contribution < 1.29 is 19.2 Å². The van der Waals surface area contributed by atoms with Gasteiger partial charge in [-0.25, -0.2) is 9.96 Å². The SMILES string of the molecule is COc1ccc(N2C(=O)C3ON(c4ccccc4)C(/C=C/c4cccc(Cl)c4)C3C2=O)cc1. The molecule has 3 aromatic rings. The Labute approximate surface area is 196 Å². The van der Waals surface area contributed by atoms with Crippen LogP contribution in [0.4, 0.5) is 11.4 Å². The number of rotatable bonds is 5. The number of halogens is 1. The van der Waals surface area contributed by atoms with Crippen molar-refractivity contribution in [3.8, 4) is 5.75 Å². The number of hydrogen-bond acceptors (Lipinski definition) is 5. The Bertz CT molecular complexity index is 1210. The van der Waals surface area contributed by atoms with Gasteiger partial charge < -0.3 is 4.74 Å². The summed E-state index contributed by atoms with van der Waals surface area (Å²) in [6.45, 7) is 0. The van der Waals surface area contributed by atoms with Gasteiger partial charge in [-0.15, -0.1) is 0 Å². The molecule has 0 saturated carbocycles. The highest BCUT2D eigenvalue weighted by Crippen LogP contribution is 2.41. The summed E-state index contributed by atoms with van der Waals surface area (Å²) in [5.74, 6) is -0.716. The lowest BCUT2D eigenvalue weighted by Gasteiger charge is -2.26. The van der Waals surface area contributed by atoms with Crippen LogP contribution in [0, 0.1) is 5.92 Å². The highest BCUT2D eigenvalue weighted by Gasteiger charge is 2.59. The summed E-state index contributed by atoms with van der Waals surface area (Å²) in [6.07, 6.45) is 2.88. The molecule has 166 valence electrons. The van der Waals surface area contributed by atoms with E-state index in [1.807, 2.05) is 60.7 Å². The molecule has 0 radical (unpaired) electrons. The third-order valence-electron chi connectivity index (χ3n) is 5.84. The fourth-order valence-corrected chi connectivity index (χ4v) is 4.45. The van der Waals surface area contributed by atoms with Crippen LogP contribution < -0.4 is 14.7 Å². The molecular formula is C26H21ClN2O4. The van der Waals surface area contributed by atoms with Gasteiger partial charge in [-0.1, -0.05) is 54.1 Å². The average molecular weight is 461 g/mol. The third kappa shape index (κ3) is 3.88. The van der Waals surface area contributed by atoms with E-state index in [0.717, 1.165) is 11.3 Å². The first kappa shape index (κ1) is 21.2. The topological polar surface area (TPSA) is 59.1 Å². The molecular weight excluding hydrogens is 440 g/mol. The van der Waals surface area contributed by atoms with Crippen molar-refractivity contribution in [3.63, 3.8) is 0 Å². The van der Waals surface area contributed by atoms with Crippen LogP contribution in [0.5, 0.6) is 5.75 Å². The summed E-state index contributed by atoms with van der Waals surface area (Å²) in [5, 5.41) is 2.27. The normalized spacial score (nSPS) is 22.3. The van der Waals surface area contributed by atoms with E-state index in [9.17, 15) is 9.59 Å². The number of ether oxygens (including phenoxy) is 1. The van der Waals surface area contributed by atoms with Crippen LogP contribution in [0.3, 0.4) is 0 Å². The zero-order chi connectivity index (χ0) is 22.9. The number of hydroxylamine groups is 1. The molecule has 3 unspecified atom stereocenters. The smallest absolute Gasteiger partial charge is 0.266 e. The Morgan fingerprint density at radius 1 is 0.909 bits per heavy atom. The van der Waals surface area contributed by atoms with Crippen LogP contribution in [0.15, 0.2) is 84.9 Å². The summed E-state index contributed by atoms with van der Waals surface area (Å²) in [7, 11) is 1.56. The van der Waals surface area contributed by atoms with Crippen molar-refractivity contribution in [2.75, 3.05) is 17.1 Å². The molecule has 6 nitrogen and oxygen atoms in total. The van der Waals surface area contributed by atoms with Gasteiger partial charge in [-0.2, -0.15) is 0 Å². The summed E-state index contributed by atoms with van der Waals surface area (Å²) < 4.78 is 5.18. The largest absolute Gasteiger partial charge is 0.497 e. The van der Waals surface area contributed by atoms with Gasteiger partial charge in [-0.3, -0.25) is 14.4 Å². The molecule has 0 bridgehead atoms. The van der Waals surface area contributed by atoms with Crippen molar-refractivity contribution in [1.29, 1.82) is 0 Å². The molecule has 2 aliphatic heterocycles. The average Bonchev–Trinajstić information content (AvgIpc) is 3.34. The van der Waals surface area contributed by atoms with E-state index >= 15 is 0 Å². The predicted molar refractivity (Wildman–Crippen MR) is 127 cm³/mol. The van der Waals surface area contributed by atoms with Gasteiger partial charge in [0, 0.05) is 5.02 Å². The number of carbonyl (C=O) groups excluding carboxylic acids is 2. The molecule has 5 rings (SSSR count). The van der Waals surface area contributed by atoms with Gasteiger partial charge in [0.1, 0.15) is 11.7 Å². The molecule has 33 heavy (non-hydrogen) atoms. The third-order valence-corrected chi connectivity index (χ3v) is 6.07. The van der Waals surface area contributed by atoms with Crippen LogP contribution in [0.1, 0.15) is 5.56 Å². The summed E-state index contributed by atoms with van der Waals surface area (Å²) in [4.78, 5) is 34.1. The number of benzene rings is 3. The number of carbonyl (C=O) groups is 2. The summed E-state index contributed by atoms with van der Waals surface area (Å²) in [5.41, 5.74) is 2.15. The van der Waals surface area contributed by atoms with E-state index in [2.05, 4.69) is 0 Å². The van der Waals surface area contributed by atoms with Gasteiger partial charge in [0.25, 0.3) is 5.91 Å². The number of amides is 2.